The molecule has 2 rings (SSSR count). The van der Waals surface area contributed by atoms with Gasteiger partial charge in [0.2, 0.25) is 0 Å². The van der Waals surface area contributed by atoms with Gasteiger partial charge in [0.25, 0.3) is 5.91 Å². The number of aliphatic hydroxyl groups excluding tert-OH is 1. The Morgan fingerprint density at radius 3 is 2.68 bits per heavy atom. The molecule has 0 spiro atoms. The molecule has 0 aromatic heterocycles. The monoisotopic (exact) mass is 281 g/mol. The Bertz CT molecular complexity index is 417. The Morgan fingerprint density at radius 2 is 2.05 bits per heavy atom. The van der Waals surface area contributed by atoms with Crippen LogP contribution in [0.3, 0.4) is 0 Å². The van der Waals surface area contributed by atoms with Crippen LogP contribution in [-0.4, -0.2) is 35.1 Å². The third-order valence-corrected chi connectivity index (χ3v) is 4.01. The summed E-state index contributed by atoms with van der Waals surface area (Å²) < 4.78 is 0. The summed E-state index contributed by atoms with van der Waals surface area (Å²) >= 11 is 5.75. The fraction of sp³-hybridized carbons (Fsp3) is 0.533. The summed E-state index contributed by atoms with van der Waals surface area (Å²) in [6.07, 6.45) is 3.85. The van der Waals surface area contributed by atoms with E-state index in [1.165, 1.54) is 0 Å². The number of hydrogen-bond donors (Lipinski definition) is 1. The molecule has 19 heavy (non-hydrogen) atoms. The predicted octanol–water partition coefficient (Wildman–Crippen LogP) is 2.80. The number of benzene rings is 1. The second-order valence-corrected chi connectivity index (χ2v) is 5.26. The summed E-state index contributed by atoms with van der Waals surface area (Å²) in [5, 5.41) is 9.10. The molecule has 1 aliphatic rings. The highest BCUT2D eigenvalue weighted by Crippen LogP contribution is 2.22. The summed E-state index contributed by atoms with van der Waals surface area (Å²) in [4.78, 5) is 14.4. The van der Waals surface area contributed by atoms with Gasteiger partial charge in [0.15, 0.2) is 0 Å². The lowest BCUT2D eigenvalue weighted by molar-refractivity contribution is 0.0574. The molecule has 0 aliphatic carbocycles. The Kier molecular flexibility index (Phi) is 5.23. The Labute approximate surface area is 119 Å². The minimum absolute atomic E-state index is 0.0688. The van der Waals surface area contributed by atoms with Gasteiger partial charge < -0.3 is 10.0 Å². The minimum atomic E-state index is 0.0688. The molecule has 1 saturated heterocycles. The normalized spacial score (nSPS) is 19.5. The zero-order chi connectivity index (χ0) is 13.7. The molecule has 1 fully saturated rings. The number of amides is 1. The summed E-state index contributed by atoms with van der Waals surface area (Å²) in [7, 11) is 0. The highest BCUT2D eigenvalue weighted by Gasteiger charge is 2.26. The zero-order valence-electron chi connectivity index (χ0n) is 11.0. The third-order valence-electron chi connectivity index (χ3n) is 3.71. The molecule has 1 amide bonds. The molecule has 1 aromatic carbocycles. The Hall–Kier alpha value is -1.06. The maximum atomic E-state index is 12.5. The number of carbonyl (C=O) groups is 1. The van der Waals surface area contributed by atoms with Crippen molar-refractivity contribution in [1.29, 1.82) is 0 Å². The highest BCUT2D eigenvalue weighted by molar-refractivity contribution is 6.17. The average molecular weight is 282 g/mol. The van der Waals surface area contributed by atoms with Gasteiger partial charge in [-0.15, -0.1) is 11.6 Å². The molecule has 104 valence electrons. The van der Waals surface area contributed by atoms with Crippen LogP contribution >= 0.6 is 11.6 Å². The number of alkyl halides is 1. The topological polar surface area (TPSA) is 40.5 Å². The standard InChI is InChI=1S/C15H20ClNO2/c16-11-12-4-6-13(7-5-12)15(19)17-9-2-1-3-14(17)8-10-18/h4-7,14,18H,1-3,8-11H2. The van der Waals surface area contributed by atoms with Crippen LogP contribution in [0.4, 0.5) is 0 Å². The smallest absolute Gasteiger partial charge is 0.254 e. The van der Waals surface area contributed by atoms with Crippen molar-refractivity contribution in [3.63, 3.8) is 0 Å². The van der Waals surface area contributed by atoms with Gasteiger partial charge in [-0.1, -0.05) is 12.1 Å². The van der Waals surface area contributed by atoms with Crippen LogP contribution in [0.15, 0.2) is 24.3 Å². The molecule has 0 saturated carbocycles. The molecular weight excluding hydrogens is 262 g/mol. The number of carbonyl (C=O) groups excluding carboxylic acids is 1. The summed E-state index contributed by atoms with van der Waals surface area (Å²) in [6.45, 7) is 0.931. The first-order valence-electron chi connectivity index (χ1n) is 6.83. The predicted molar refractivity (Wildman–Crippen MR) is 76.4 cm³/mol. The number of halogens is 1. The van der Waals surface area contributed by atoms with Crippen LogP contribution in [0.2, 0.25) is 0 Å². The molecule has 1 heterocycles. The first-order chi connectivity index (χ1) is 9.26. The molecule has 1 aliphatic heterocycles. The molecule has 3 nitrogen and oxygen atoms in total. The average Bonchev–Trinajstić information content (AvgIpc) is 2.47. The van der Waals surface area contributed by atoms with Crippen molar-refractivity contribution >= 4 is 17.5 Å². The van der Waals surface area contributed by atoms with Crippen LogP contribution in [-0.2, 0) is 5.88 Å². The van der Waals surface area contributed by atoms with Gasteiger partial charge in [-0.25, -0.2) is 0 Å². The van der Waals surface area contributed by atoms with Gasteiger partial charge in [-0.2, -0.15) is 0 Å². The van der Waals surface area contributed by atoms with Gasteiger partial charge in [0.1, 0.15) is 0 Å². The van der Waals surface area contributed by atoms with Crippen LogP contribution in [0.5, 0.6) is 0 Å². The fourth-order valence-electron chi connectivity index (χ4n) is 2.62. The lowest BCUT2D eigenvalue weighted by Gasteiger charge is -2.35. The lowest BCUT2D eigenvalue weighted by atomic mass is 9.98. The quantitative estimate of drug-likeness (QED) is 0.862. The fourth-order valence-corrected chi connectivity index (χ4v) is 2.80. The van der Waals surface area contributed by atoms with Gasteiger partial charge in [-0.05, 0) is 43.4 Å². The number of nitrogens with zero attached hydrogens (tertiary/aromatic N) is 1. The lowest BCUT2D eigenvalue weighted by Crippen LogP contribution is -2.44. The van der Waals surface area contributed by atoms with Crippen molar-refractivity contribution < 1.29 is 9.90 Å². The molecule has 1 N–H and O–H groups in total. The van der Waals surface area contributed by atoms with Crippen molar-refractivity contribution in [1.82, 2.24) is 4.90 Å². The van der Waals surface area contributed by atoms with Crippen molar-refractivity contribution in [2.24, 2.45) is 0 Å². The maximum Gasteiger partial charge on any atom is 0.254 e. The first-order valence-corrected chi connectivity index (χ1v) is 7.36. The van der Waals surface area contributed by atoms with Gasteiger partial charge >= 0.3 is 0 Å². The van der Waals surface area contributed by atoms with E-state index in [1.807, 2.05) is 29.2 Å². The largest absolute Gasteiger partial charge is 0.396 e. The number of piperidine rings is 1. The summed E-state index contributed by atoms with van der Waals surface area (Å²) in [6, 6.07) is 7.64. The van der Waals surface area contributed by atoms with Crippen LogP contribution < -0.4 is 0 Å². The van der Waals surface area contributed by atoms with E-state index in [9.17, 15) is 4.79 Å². The van der Waals surface area contributed by atoms with Crippen LogP contribution in [0.25, 0.3) is 0 Å². The summed E-state index contributed by atoms with van der Waals surface area (Å²) in [5.74, 6) is 0.532. The van der Waals surface area contributed by atoms with E-state index in [0.29, 0.717) is 17.9 Å². The van der Waals surface area contributed by atoms with E-state index >= 15 is 0 Å². The van der Waals surface area contributed by atoms with E-state index in [2.05, 4.69) is 0 Å². The molecular formula is C15H20ClNO2. The van der Waals surface area contributed by atoms with Crippen molar-refractivity contribution in [2.75, 3.05) is 13.2 Å². The second kappa shape index (κ2) is 6.92. The minimum Gasteiger partial charge on any atom is -0.396 e. The number of aliphatic hydroxyl groups is 1. The molecule has 0 bridgehead atoms. The Balaban J connectivity index is 2.11. The van der Waals surface area contributed by atoms with Crippen molar-refractivity contribution in [3.8, 4) is 0 Å². The van der Waals surface area contributed by atoms with Crippen LogP contribution in [0, 0.1) is 0 Å². The van der Waals surface area contributed by atoms with Gasteiger partial charge in [-0.3, -0.25) is 4.79 Å². The van der Waals surface area contributed by atoms with Crippen molar-refractivity contribution in [2.45, 2.75) is 37.6 Å². The highest BCUT2D eigenvalue weighted by atomic mass is 35.5. The van der Waals surface area contributed by atoms with E-state index in [4.69, 9.17) is 16.7 Å². The van der Waals surface area contributed by atoms with E-state index in [0.717, 1.165) is 31.4 Å². The zero-order valence-corrected chi connectivity index (χ0v) is 11.8. The van der Waals surface area contributed by atoms with E-state index in [1.54, 1.807) is 0 Å². The maximum absolute atomic E-state index is 12.5. The molecule has 1 unspecified atom stereocenters. The Morgan fingerprint density at radius 1 is 1.32 bits per heavy atom. The van der Waals surface area contributed by atoms with Gasteiger partial charge in [0, 0.05) is 30.6 Å². The second-order valence-electron chi connectivity index (χ2n) is 4.99. The van der Waals surface area contributed by atoms with Crippen molar-refractivity contribution in [3.05, 3.63) is 35.4 Å². The van der Waals surface area contributed by atoms with E-state index in [-0.39, 0.29) is 18.6 Å². The first kappa shape index (κ1) is 14.4. The molecule has 0 radical (unpaired) electrons. The number of hydrogen-bond acceptors (Lipinski definition) is 2. The SMILES string of the molecule is O=C(c1ccc(CCl)cc1)N1CCCCC1CCO. The van der Waals surface area contributed by atoms with E-state index < -0.39 is 0 Å². The molecule has 4 heteroatoms. The number of rotatable bonds is 4. The van der Waals surface area contributed by atoms with Crippen LogP contribution in [0.1, 0.15) is 41.6 Å². The number of likely N-dealkylation sites (tertiary alicyclic amines) is 1. The van der Waals surface area contributed by atoms with Gasteiger partial charge in [0.05, 0.1) is 0 Å². The molecule has 1 aromatic rings. The molecule has 1 atom stereocenters. The summed E-state index contributed by atoms with van der Waals surface area (Å²) in [5.41, 5.74) is 1.72. The third kappa shape index (κ3) is 3.48.